The standard InChI is InChI=1S/C25H20N4O3/c1-25(19-12-10-16-6-2-3-8-18(16)14-19)23(31)29(24(32)28-25)15-22(30)27-21-13-11-17-7-4-5-9-20(17)26-21/h2-14H,15H2,1H3,(H,28,32)(H,26,27,30). The summed E-state index contributed by atoms with van der Waals surface area (Å²) in [6.07, 6.45) is 0. The molecule has 0 spiro atoms. The molecule has 0 bridgehead atoms. The lowest BCUT2D eigenvalue weighted by molar-refractivity contribution is -0.133. The summed E-state index contributed by atoms with van der Waals surface area (Å²) in [5.74, 6) is -0.614. The zero-order valence-electron chi connectivity index (χ0n) is 17.3. The minimum Gasteiger partial charge on any atom is -0.319 e. The van der Waals surface area contributed by atoms with Crippen molar-refractivity contribution in [3.05, 3.63) is 84.4 Å². The van der Waals surface area contributed by atoms with Gasteiger partial charge in [-0.3, -0.25) is 14.5 Å². The minimum absolute atomic E-state index is 0.359. The lowest BCUT2D eigenvalue weighted by atomic mass is 9.90. The number of urea groups is 1. The normalized spacial score (nSPS) is 18.2. The van der Waals surface area contributed by atoms with E-state index in [2.05, 4.69) is 15.6 Å². The Balaban J connectivity index is 1.35. The van der Waals surface area contributed by atoms with Crippen molar-refractivity contribution in [2.24, 2.45) is 0 Å². The Morgan fingerprint density at radius 1 is 0.938 bits per heavy atom. The molecule has 7 nitrogen and oxygen atoms in total. The predicted molar refractivity (Wildman–Crippen MR) is 122 cm³/mol. The van der Waals surface area contributed by atoms with Crippen LogP contribution in [0.2, 0.25) is 0 Å². The maximum absolute atomic E-state index is 13.2. The zero-order valence-corrected chi connectivity index (χ0v) is 17.3. The number of aromatic nitrogens is 1. The second-order valence-electron chi connectivity index (χ2n) is 7.95. The molecular weight excluding hydrogens is 404 g/mol. The lowest BCUT2D eigenvalue weighted by Crippen LogP contribution is -2.42. The molecule has 4 aromatic rings. The molecule has 0 saturated carbocycles. The third-order valence-corrected chi connectivity index (χ3v) is 5.77. The van der Waals surface area contributed by atoms with E-state index in [9.17, 15) is 14.4 Å². The third-order valence-electron chi connectivity index (χ3n) is 5.77. The lowest BCUT2D eigenvalue weighted by Gasteiger charge is -2.22. The van der Waals surface area contributed by atoms with Gasteiger partial charge in [0.25, 0.3) is 5.91 Å². The first-order chi connectivity index (χ1) is 15.4. The van der Waals surface area contributed by atoms with E-state index in [-0.39, 0.29) is 0 Å². The van der Waals surface area contributed by atoms with Crippen molar-refractivity contribution in [1.82, 2.24) is 15.2 Å². The van der Waals surface area contributed by atoms with E-state index >= 15 is 0 Å². The van der Waals surface area contributed by atoms with Gasteiger partial charge in [-0.25, -0.2) is 9.78 Å². The van der Waals surface area contributed by atoms with E-state index in [1.807, 2.05) is 72.8 Å². The molecule has 1 aliphatic heterocycles. The number of rotatable bonds is 4. The van der Waals surface area contributed by atoms with Crippen LogP contribution in [0.3, 0.4) is 0 Å². The van der Waals surface area contributed by atoms with Crippen molar-refractivity contribution >= 4 is 45.3 Å². The Bertz CT molecular complexity index is 1400. The smallest absolute Gasteiger partial charge is 0.319 e. The number of para-hydroxylation sites is 1. The molecule has 5 rings (SSSR count). The SMILES string of the molecule is CC1(c2ccc3ccccc3c2)NC(=O)N(CC(=O)Nc2ccc3ccccc3n2)C1=O. The number of nitrogens with one attached hydrogen (secondary N) is 2. The number of fused-ring (bicyclic) bond motifs is 2. The fourth-order valence-electron chi connectivity index (χ4n) is 4.00. The molecule has 158 valence electrons. The van der Waals surface area contributed by atoms with E-state index in [1.54, 1.807) is 13.0 Å². The Kier molecular flexibility index (Phi) is 4.59. The highest BCUT2D eigenvalue weighted by molar-refractivity contribution is 6.10. The molecular formula is C25H20N4O3. The molecule has 0 aliphatic carbocycles. The average molecular weight is 424 g/mol. The molecule has 2 heterocycles. The topological polar surface area (TPSA) is 91.4 Å². The number of hydrogen-bond donors (Lipinski definition) is 2. The Morgan fingerprint density at radius 3 is 2.44 bits per heavy atom. The van der Waals surface area contributed by atoms with Gasteiger partial charge in [0, 0.05) is 5.39 Å². The summed E-state index contributed by atoms with van der Waals surface area (Å²) in [5, 5.41) is 8.37. The maximum atomic E-state index is 13.2. The van der Waals surface area contributed by atoms with E-state index in [1.165, 1.54) is 0 Å². The van der Waals surface area contributed by atoms with Crippen molar-refractivity contribution in [3.63, 3.8) is 0 Å². The number of imide groups is 1. The Labute approximate surface area is 184 Å². The van der Waals surface area contributed by atoms with Gasteiger partial charge in [0.2, 0.25) is 5.91 Å². The number of amides is 4. The van der Waals surface area contributed by atoms with Gasteiger partial charge in [0.05, 0.1) is 5.52 Å². The fraction of sp³-hybridized carbons (Fsp3) is 0.120. The van der Waals surface area contributed by atoms with Gasteiger partial charge in [-0.15, -0.1) is 0 Å². The van der Waals surface area contributed by atoms with Crippen LogP contribution in [0.1, 0.15) is 12.5 Å². The van der Waals surface area contributed by atoms with Crippen molar-refractivity contribution in [3.8, 4) is 0 Å². The summed E-state index contributed by atoms with van der Waals surface area (Å²) in [6, 6.07) is 23.9. The molecule has 3 aromatic carbocycles. The highest BCUT2D eigenvalue weighted by Crippen LogP contribution is 2.31. The monoisotopic (exact) mass is 424 g/mol. The largest absolute Gasteiger partial charge is 0.325 e. The zero-order chi connectivity index (χ0) is 22.3. The summed E-state index contributed by atoms with van der Waals surface area (Å²) in [4.78, 5) is 43.7. The second kappa shape index (κ2) is 7.46. The molecule has 1 aliphatic rings. The van der Waals surface area contributed by atoms with Crippen molar-refractivity contribution in [2.75, 3.05) is 11.9 Å². The maximum Gasteiger partial charge on any atom is 0.325 e. The average Bonchev–Trinajstić information content (AvgIpc) is 3.02. The molecule has 4 amide bonds. The summed E-state index contributed by atoms with van der Waals surface area (Å²) >= 11 is 0. The molecule has 0 radical (unpaired) electrons. The van der Waals surface area contributed by atoms with Crippen LogP contribution < -0.4 is 10.6 Å². The Morgan fingerprint density at radius 2 is 1.62 bits per heavy atom. The van der Waals surface area contributed by atoms with Gasteiger partial charge >= 0.3 is 6.03 Å². The fourth-order valence-corrected chi connectivity index (χ4v) is 4.00. The van der Waals surface area contributed by atoms with Crippen LogP contribution in [-0.4, -0.2) is 34.3 Å². The predicted octanol–water partition coefficient (Wildman–Crippen LogP) is 3.79. The molecule has 1 aromatic heterocycles. The highest BCUT2D eigenvalue weighted by Gasteiger charge is 2.49. The van der Waals surface area contributed by atoms with Gasteiger partial charge in [-0.2, -0.15) is 0 Å². The van der Waals surface area contributed by atoms with E-state index in [0.717, 1.165) is 26.6 Å². The number of pyridine rings is 1. The van der Waals surface area contributed by atoms with Crippen LogP contribution in [0.5, 0.6) is 0 Å². The Hall–Kier alpha value is -4.26. The second-order valence-corrected chi connectivity index (χ2v) is 7.95. The van der Waals surface area contributed by atoms with Crippen LogP contribution in [0.4, 0.5) is 10.6 Å². The minimum atomic E-state index is -1.25. The van der Waals surface area contributed by atoms with Crippen molar-refractivity contribution < 1.29 is 14.4 Å². The molecule has 7 heteroatoms. The first kappa shape index (κ1) is 19.7. The van der Waals surface area contributed by atoms with Crippen LogP contribution in [0.15, 0.2) is 78.9 Å². The third kappa shape index (κ3) is 3.33. The van der Waals surface area contributed by atoms with Crippen molar-refractivity contribution in [2.45, 2.75) is 12.5 Å². The number of carbonyl (C=O) groups excluding carboxylic acids is 3. The summed E-state index contributed by atoms with van der Waals surface area (Å²) in [6.45, 7) is 1.25. The number of benzene rings is 3. The van der Waals surface area contributed by atoms with Gasteiger partial charge in [-0.1, -0.05) is 54.6 Å². The van der Waals surface area contributed by atoms with Crippen LogP contribution in [0, 0.1) is 0 Å². The van der Waals surface area contributed by atoms with Gasteiger partial charge < -0.3 is 10.6 Å². The van der Waals surface area contributed by atoms with E-state index < -0.39 is 29.9 Å². The first-order valence-electron chi connectivity index (χ1n) is 10.2. The van der Waals surface area contributed by atoms with Gasteiger partial charge in [0.1, 0.15) is 17.9 Å². The quantitative estimate of drug-likeness (QED) is 0.488. The summed E-state index contributed by atoms with van der Waals surface area (Å²) < 4.78 is 0. The molecule has 1 fully saturated rings. The molecule has 1 unspecified atom stereocenters. The highest BCUT2D eigenvalue weighted by atomic mass is 16.2. The van der Waals surface area contributed by atoms with Crippen LogP contribution in [0.25, 0.3) is 21.7 Å². The molecule has 32 heavy (non-hydrogen) atoms. The van der Waals surface area contributed by atoms with Gasteiger partial charge in [-0.05, 0) is 47.5 Å². The number of hydrogen-bond acceptors (Lipinski definition) is 4. The summed E-state index contributed by atoms with van der Waals surface area (Å²) in [5.41, 5.74) is 0.153. The van der Waals surface area contributed by atoms with Crippen LogP contribution in [-0.2, 0) is 15.1 Å². The molecule has 1 saturated heterocycles. The number of anilines is 1. The molecule has 2 N–H and O–H groups in total. The summed E-state index contributed by atoms with van der Waals surface area (Å²) in [7, 11) is 0. The van der Waals surface area contributed by atoms with Crippen LogP contribution >= 0.6 is 0 Å². The van der Waals surface area contributed by atoms with E-state index in [4.69, 9.17) is 0 Å². The van der Waals surface area contributed by atoms with Gasteiger partial charge in [0.15, 0.2) is 0 Å². The number of nitrogens with zero attached hydrogens (tertiary/aromatic N) is 2. The van der Waals surface area contributed by atoms with Crippen molar-refractivity contribution in [1.29, 1.82) is 0 Å². The number of carbonyl (C=O) groups is 3. The van der Waals surface area contributed by atoms with E-state index in [0.29, 0.717) is 11.4 Å². The first-order valence-corrected chi connectivity index (χ1v) is 10.2. The molecule has 1 atom stereocenters.